The Balaban J connectivity index is 0. The first-order valence-corrected chi connectivity index (χ1v) is 5.11. The molecule has 0 heterocycles. The fourth-order valence-electron chi connectivity index (χ4n) is 0. The molecule has 0 spiro atoms. The lowest BCUT2D eigenvalue weighted by molar-refractivity contribution is -0.118. The lowest BCUT2D eigenvalue weighted by Gasteiger charge is -1.97. The van der Waals surface area contributed by atoms with E-state index in [4.69, 9.17) is 4.89 Å². The van der Waals surface area contributed by atoms with E-state index in [-0.39, 0.29) is 5.91 Å². The Labute approximate surface area is 66.7 Å². The Morgan fingerprint density at radius 1 is 1.45 bits per heavy atom. The molecule has 1 atom stereocenters. The molecule has 0 aliphatic heterocycles. The third kappa shape index (κ3) is 26.2. The summed E-state index contributed by atoms with van der Waals surface area (Å²) in [5.74, 6) is 0.00463. The zero-order chi connectivity index (χ0) is 9.49. The first-order chi connectivity index (χ1) is 4.83. The summed E-state index contributed by atoms with van der Waals surface area (Å²) >= 11 is 0. The van der Waals surface area contributed by atoms with Gasteiger partial charge in [0.1, 0.15) is 0 Å². The molecular weight excluding hydrogens is 167 g/mol. The van der Waals surface area contributed by atoms with Crippen LogP contribution in [0.15, 0.2) is 0 Å². The van der Waals surface area contributed by atoms with E-state index in [9.17, 15) is 9.36 Å². The van der Waals surface area contributed by atoms with Gasteiger partial charge in [0, 0.05) is 20.6 Å². The average Bonchev–Trinajstić information content (AvgIpc) is 1.88. The Kier molecular flexibility index (Phi) is 7.62. The Morgan fingerprint density at radius 3 is 1.64 bits per heavy atom. The second-order valence-electron chi connectivity index (χ2n) is 1.91. The van der Waals surface area contributed by atoms with Crippen molar-refractivity contribution in [3.05, 3.63) is 0 Å². The van der Waals surface area contributed by atoms with E-state index >= 15 is 0 Å². The molecule has 6 heteroatoms. The van der Waals surface area contributed by atoms with Gasteiger partial charge in [0.2, 0.25) is 5.91 Å². The fourth-order valence-corrected chi connectivity index (χ4v) is 0. The van der Waals surface area contributed by atoms with Crippen LogP contribution in [0.3, 0.4) is 0 Å². The normalized spacial score (nSPS) is 13.9. The summed E-state index contributed by atoms with van der Waals surface area (Å²) in [7, 11) is 0.148. The van der Waals surface area contributed by atoms with Crippen LogP contribution in [0.2, 0.25) is 0 Å². The van der Waals surface area contributed by atoms with Crippen LogP contribution in [-0.2, 0) is 9.36 Å². The van der Waals surface area contributed by atoms with Gasteiger partial charge in [0.25, 0.3) is 7.52 Å². The highest BCUT2D eigenvalue weighted by atomic mass is 31.2. The predicted molar refractivity (Wildman–Crippen MR) is 44.5 cm³/mol. The first kappa shape index (κ1) is 13.2. The molecule has 1 unspecified atom stereocenters. The SMILES string of the molecule is CNC(C)=O.CNP(C)(=O)O. The summed E-state index contributed by atoms with van der Waals surface area (Å²) < 4.78 is 10.0. The number of nitrogens with one attached hydrogen (secondary N) is 2. The van der Waals surface area contributed by atoms with E-state index in [1.165, 1.54) is 20.6 Å². The maximum atomic E-state index is 10.0. The molecule has 5 nitrogen and oxygen atoms in total. The van der Waals surface area contributed by atoms with Crippen LogP contribution in [0.1, 0.15) is 6.92 Å². The number of rotatable bonds is 1. The summed E-state index contributed by atoms with van der Waals surface area (Å²) in [5.41, 5.74) is 0. The van der Waals surface area contributed by atoms with Crippen LogP contribution in [0.4, 0.5) is 0 Å². The van der Waals surface area contributed by atoms with Crippen LogP contribution in [-0.4, -0.2) is 31.6 Å². The molecule has 1 amide bonds. The molecule has 0 rings (SSSR count). The highest BCUT2D eigenvalue weighted by molar-refractivity contribution is 7.54. The number of hydrogen-bond acceptors (Lipinski definition) is 2. The highest BCUT2D eigenvalue weighted by Gasteiger charge is 2.00. The molecule has 0 aromatic heterocycles. The van der Waals surface area contributed by atoms with E-state index in [2.05, 4.69) is 10.4 Å². The largest absolute Gasteiger partial charge is 0.359 e. The summed E-state index contributed by atoms with van der Waals surface area (Å²) in [5, 5.41) is 4.60. The van der Waals surface area contributed by atoms with Crippen LogP contribution in [0, 0.1) is 0 Å². The van der Waals surface area contributed by atoms with Crippen molar-refractivity contribution in [3.8, 4) is 0 Å². The predicted octanol–water partition coefficient (Wildman–Crippen LogP) is -0.227. The van der Waals surface area contributed by atoms with Crippen molar-refractivity contribution in [2.75, 3.05) is 20.8 Å². The van der Waals surface area contributed by atoms with Gasteiger partial charge >= 0.3 is 0 Å². The van der Waals surface area contributed by atoms with Gasteiger partial charge in [0.15, 0.2) is 0 Å². The van der Waals surface area contributed by atoms with Crippen molar-refractivity contribution < 1.29 is 14.3 Å². The molecule has 0 aliphatic rings. The number of carbonyl (C=O) groups is 1. The van der Waals surface area contributed by atoms with Crippen molar-refractivity contribution in [3.63, 3.8) is 0 Å². The minimum atomic E-state index is -2.90. The summed E-state index contributed by atoms with van der Waals surface area (Å²) in [6, 6.07) is 0. The standard InChI is InChI=1S/C3H7NO.C2H8NO2P/c1-3(5)4-2;1-3-6(2,4)5/h1-2H3,(H,4,5);1-2H3,(H2,3,4,5). The van der Waals surface area contributed by atoms with E-state index < -0.39 is 7.52 Å². The van der Waals surface area contributed by atoms with Gasteiger partial charge < -0.3 is 10.2 Å². The highest BCUT2D eigenvalue weighted by Crippen LogP contribution is 2.26. The molecule has 0 aliphatic carbocycles. The smallest absolute Gasteiger partial charge is 0.263 e. The summed E-state index contributed by atoms with van der Waals surface area (Å²) in [6.45, 7) is 2.72. The minimum Gasteiger partial charge on any atom is -0.359 e. The van der Waals surface area contributed by atoms with Gasteiger partial charge in [-0.05, 0) is 7.05 Å². The molecule has 0 aromatic carbocycles. The zero-order valence-electron chi connectivity index (χ0n) is 7.21. The van der Waals surface area contributed by atoms with Crippen LogP contribution >= 0.6 is 7.52 Å². The van der Waals surface area contributed by atoms with Gasteiger partial charge in [-0.3, -0.25) is 9.36 Å². The Morgan fingerprint density at radius 2 is 1.64 bits per heavy atom. The van der Waals surface area contributed by atoms with Gasteiger partial charge in [-0.1, -0.05) is 0 Å². The summed E-state index contributed by atoms with van der Waals surface area (Å²) in [6.07, 6.45) is 0. The number of hydrogen-bond donors (Lipinski definition) is 3. The van der Waals surface area contributed by atoms with Crippen LogP contribution < -0.4 is 10.4 Å². The zero-order valence-corrected chi connectivity index (χ0v) is 8.11. The molecule has 0 saturated carbocycles. The van der Waals surface area contributed by atoms with Gasteiger partial charge in [-0.15, -0.1) is 0 Å². The summed E-state index contributed by atoms with van der Waals surface area (Å²) in [4.78, 5) is 18.0. The molecular formula is C5H15N2O3P. The quantitative estimate of drug-likeness (QED) is 0.489. The molecule has 3 N–H and O–H groups in total. The third-order valence-corrected chi connectivity index (χ3v) is 1.60. The molecule has 0 saturated heterocycles. The van der Waals surface area contributed by atoms with E-state index in [1.807, 2.05) is 0 Å². The van der Waals surface area contributed by atoms with Crippen molar-refractivity contribution in [2.24, 2.45) is 0 Å². The van der Waals surface area contributed by atoms with Gasteiger partial charge in [0.05, 0.1) is 0 Å². The second kappa shape index (κ2) is 6.34. The lowest BCUT2D eigenvalue weighted by atomic mass is 10.7. The van der Waals surface area contributed by atoms with Crippen molar-refractivity contribution >= 4 is 13.4 Å². The molecule has 11 heavy (non-hydrogen) atoms. The first-order valence-electron chi connectivity index (χ1n) is 3.01. The van der Waals surface area contributed by atoms with E-state index in [0.717, 1.165) is 0 Å². The van der Waals surface area contributed by atoms with E-state index in [0.29, 0.717) is 0 Å². The van der Waals surface area contributed by atoms with Crippen molar-refractivity contribution in [1.29, 1.82) is 0 Å². The number of carbonyl (C=O) groups excluding carboxylic acids is 1. The molecule has 0 bridgehead atoms. The maximum absolute atomic E-state index is 10.0. The lowest BCUT2D eigenvalue weighted by Crippen LogP contribution is -2.11. The molecule has 0 fully saturated rings. The van der Waals surface area contributed by atoms with Crippen LogP contribution in [0.5, 0.6) is 0 Å². The van der Waals surface area contributed by atoms with Gasteiger partial charge in [-0.2, -0.15) is 0 Å². The van der Waals surface area contributed by atoms with Gasteiger partial charge in [-0.25, -0.2) is 5.09 Å². The number of amides is 1. The maximum Gasteiger partial charge on any atom is 0.263 e. The molecule has 0 aromatic rings. The minimum absolute atomic E-state index is 0.00463. The second-order valence-corrected chi connectivity index (χ2v) is 4.11. The van der Waals surface area contributed by atoms with Crippen molar-refractivity contribution in [2.45, 2.75) is 6.92 Å². The topological polar surface area (TPSA) is 78.4 Å². The monoisotopic (exact) mass is 182 g/mol. The molecule has 68 valence electrons. The fraction of sp³-hybridized carbons (Fsp3) is 0.800. The third-order valence-electron chi connectivity index (χ3n) is 0.767. The van der Waals surface area contributed by atoms with Crippen molar-refractivity contribution in [1.82, 2.24) is 10.4 Å². The Hall–Kier alpha value is -0.380. The average molecular weight is 182 g/mol. The van der Waals surface area contributed by atoms with Crippen LogP contribution in [0.25, 0.3) is 0 Å². The van der Waals surface area contributed by atoms with E-state index in [1.54, 1.807) is 7.05 Å². The Bertz CT molecular complexity index is 154. The molecule has 0 radical (unpaired) electrons.